The topological polar surface area (TPSA) is 42.2 Å². The number of hydrogen-bond acceptors (Lipinski definition) is 2. The predicted octanol–water partition coefficient (Wildman–Crippen LogP) is 0.399. The Bertz CT molecular complexity index is 343. The fraction of sp³-hybridized carbons (Fsp3) is 0.286. The Balaban J connectivity index is 3.59. The average molecular weight is 141 g/mol. The van der Waals surface area contributed by atoms with E-state index in [1.165, 1.54) is 17.7 Å². The van der Waals surface area contributed by atoms with E-state index in [0.29, 0.717) is 0 Å². The highest BCUT2D eigenvalue weighted by Gasteiger charge is 1.99. The molecule has 0 aromatic carbocycles. The molecule has 10 heavy (non-hydrogen) atoms. The summed E-state index contributed by atoms with van der Waals surface area (Å²) in [4.78, 5) is 11.1. The third kappa shape index (κ3) is 0.900. The Morgan fingerprint density at radius 3 is 3.00 bits per heavy atom. The van der Waals surface area contributed by atoms with Gasteiger partial charge in [-0.15, -0.1) is 0 Å². The number of hydrogen-bond donors (Lipinski definition) is 1. The summed E-state index contributed by atoms with van der Waals surface area (Å²) in [5.74, 6) is -0.229. The van der Waals surface area contributed by atoms with Crippen LogP contribution in [0.3, 0.4) is 0 Å². The van der Waals surface area contributed by atoms with Gasteiger partial charge in [-0.3, -0.25) is 4.79 Å². The molecule has 0 spiro atoms. The van der Waals surface area contributed by atoms with Crippen molar-refractivity contribution in [3.8, 4) is 5.75 Å². The van der Waals surface area contributed by atoms with Crippen LogP contribution in [-0.4, -0.2) is 9.67 Å². The first-order chi connectivity index (χ1) is 5.04. The number of aromatic hydroxyl groups is 1. The van der Waals surface area contributed by atoms with Crippen molar-refractivity contribution < 1.29 is 6.48 Å². The maximum absolute atomic E-state index is 11.1. The van der Waals surface area contributed by atoms with E-state index < -0.39 is 0 Å². The highest BCUT2D eigenvalue weighted by molar-refractivity contribution is 5.26. The summed E-state index contributed by atoms with van der Waals surface area (Å²) in [6, 6.07) is -0.0235. The van der Waals surface area contributed by atoms with Crippen molar-refractivity contribution in [1.82, 2.24) is 4.57 Å². The SMILES string of the molecule is [3H]c1cn(C)c(=O)c(C)c1O. The lowest BCUT2D eigenvalue weighted by Gasteiger charge is -1.99. The van der Waals surface area contributed by atoms with Gasteiger partial charge in [-0.05, 0) is 13.0 Å². The summed E-state index contributed by atoms with van der Waals surface area (Å²) < 4.78 is 8.46. The summed E-state index contributed by atoms with van der Waals surface area (Å²) in [6.07, 6.45) is 1.28. The summed E-state index contributed by atoms with van der Waals surface area (Å²) in [6.45, 7) is 1.50. The Kier molecular flexibility index (Phi) is 1.20. The predicted molar refractivity (Wildman–Crippen MR) is 38.1 cm³/mol. The number of aromatic nitrogens is 1. The van der Waals surface area contributed by atoms with Gasteiger partial charge in [0.25, 0.3) is 5.56 Å². The zero-order valence-electron chi connectivity index (χ0n) is 6.88. The van der Waals surface area contributed by atoms with Gasteiger partial charge in [-0.1, -0.05) is 0 Å². The molecule has 0 amide bonds. The van der Waals surface area contributed by atoms with Gasteiger partial charge >= 0.3 is 0 Å². The van der Waals surface area contributed by atoms with E-state index in [0.717, 1.165) is 0 Å². The van der Waals surface area contributed by atoms with Crippen molar-refractivity contribution in [2.75, 3.05) is 0 Å². The molecule has 0 aliphatic carbocycles. The molecule has 0 aliphatic rings. The summed E-state index contributed by atoms with van der Waals surface area (Å²) in [5.41, 5.74) is -0.0431. The minimum Gasteiger partial charge on any atom is -0.507 e. The fourth-order valence-electron chi connectivity index (χ4n) is 0.691. The molecule has 0 unspecified atom stereocenters. The summed E-state index contributed by atoms with van der Waals surface area (Å²) >= 11 is 0. The molecule has 54 valence electrons. The van der Waals surface area contributed by atoms with E-state index in [2.05, 4.69) is 0 Å². The molecule has 3 nitrogen and oxygen atoms in total. The third-order valence-corrected chi connectivity index (χ3v) is 1.39. The molecular weight excluding hydrogens is 130 g/mol. The van der Waals surface area contributed by atoms with Gasteiger partial charge in [0.1, 0.15) is 5.75 Å². The molecule has 1 heterocycles. The molecule has 1 N–H and O–H groups in total. The number of pyridine rings is 1. The third-order valence-electron chi connectivity index (χ3n) is 1.39. The van der Waals surface area contributed by atoms with Crippen molar-refractivity contribution >= 4 is 0 Å². The first kappa shape index (κ1) is 5.53. The standard InChI is InChI=1S/C7H9NO2/c1-5-6(9)3-4-8(2)7(5)10/h3-4,9H,1-2H3/i3T. The smallest absolute Gasteiger partial charge is 0.256 e. The maximum Gasteiger partial charge on any atom is 0.256 e. The highest BCUT2D eigenvalue weighted by Crippen LogP contribution is 2.07. The second-order valence-corrected chi connectivity index (χ2v) is 2.16. The lowest BCUT2D eigenvalue weighted by molar-refractivity contribution is 0.467. The van der Waals surface area contributed by atoms with Crippen LogP contribution in [0.2, 0.25) is 0 Å². The Morgan fingerprint density at radius 1 is 1.80 bits per heavy atom. The van der Waals surface area contributed by atoms with Crippen LogP contribution in [0.1, 0.15) is 6.93 Å². The van der Waals surface area contributed by atoms with Gasteiger partial charge in [-0.2, -0.15) is 0 Å². The minimum absolute atomic E-state index is 0.0235. The van der Waals surface area contributed by atoms with Crippen molar-refractivity contribution in [2.45, 2.75) is 6.92 Å². The zero-order valence-corrected chi connectivity index (χ0v) is 5.88. The molecule has 0 atom stereocenters. The van der Waals surface area contributed by atoms with E-state index in [1.54, 1.807) is 7.05 Å². The van der Waals surface area contributed by atoms with Crippen LogP contribution in [0.4, 0.5) is 0 Å². The summed E-state index contributed by atoms with van der Waals surface area (Å²) in [7, 11) is 1.55. The molecule has 1 aromatic rings. The van der Waals surface area contributed by atoms with E-state index >= 15 is 0 Å². The maximum atomic E-state index is 11.1. The fourth-order valence-corrected chi connectivity index (χ4v) is 0.691. The average Bonchev–Trinajstić information content (AvgIpc) is 1.97. The second-order valence-electron chi connectivity index (χ2n) is 2.16. The van der Waals surface area contributed by atoms with Crippen LogP contribution >= 0.6 is 0 Å². The van der Waals surface area contributed by atoms with Crippen molar-refractivity contribution in [3.63, 3.8) is 0 Å². The molecule has 0 saturated heterocycles. The largest absolute Gasteiger partial charge is 0.507 e. The molecule has 0 radical (unpaired) electrons. The van der Waals surface area contributed by atoms with Crippen LogP contribution in [0.5, 0.6) is 5.75 Å². The van der Waals surface area contributed by atoms with Crippen LogP contribution in [-0.2, 0) is 7.05 Å². The Morgan fingerprint density at radius 2 is 2.40 bits per heavy atom. The minimum atomic E-state index is -0.265. The molecule has 0 bridgehead atoms. The summed E-state index contributed by atoms with van der Waals surface area (Å²) in [5, 5.41) is 9.11. The number of rotatable bonds is 0. The first-order valence-corrected chi connectivity index (χ1v) is 2.90. The number of aryl methyl sites for hydroxylation is 1. The molecule has 3 heteroatoms. The van der Waals surface area contributed by atoms with Crippen molar-refractivity contribution in [2.24, 2.45) is 7.05 Å². The second kappa shape index (κ2) is 2.17. The normalized spacial score (nSPS) is 11.2. The molecule has 1 rings (SSSR count). The Labute approximate surface area is 60.0 Å². The molecule has 0 aliphatic heterocycles. The van der Waals surface area contributed by atoms with Gasteiger partial charge in [-0.25, -0.2) is 0 Å². The molecular formula is C7H9NO2. The lowest BCUT2D eigenvalue weighted by atomic mass is 10.3. The lowest BCUT2D eigenvalue weighted by Crippen LogP contribution is -2.17. The quantitative estimate of drug-likeness (QED) is 0.568. The van der Waals surface area contributed by atoms with E-state index in [4.69, 9.17) is 6.48 Å². The zero-order chi connectivity index (χ0) is 8.59. The van der Waals surface area contributed by atoms with Gasteiger partial charge in [0.2, 0.25) is 0 Å². The van der Waals surface area contributed by atoms with Crippen LogP contribution in [0.15, 0.2) is 17.0 Å². The van der Waals surface area contributed by atoms with Gasteiger partial charge in [0, 0.05) is 13.2 Å². The van der Waals surface area contributed by atoms with E-state index in [9.17, 15) is 4.79 Å². The van der Waals surface area contributed by atoms with E-state index in [1.807, 2.05) is 0 Å². The number of nitrogens with zero attached hydrogens (tertiary/aromatic N) is 1. The van der Waals surface area contributed by atoms with Gasteiger partial charge in [0.15, 0.2) is 0 Å². The monoisotopic (exact) mass is 141 g/mol. The highest BCUT2D eigenvalue weighted by atomic mass is 16.3. The van der Waals surface area contributed by atoms with Crippen molar-refractivity contribution in [1.29, 1.82) is 0 Å². The van der Waals surface area contributed by atoms with E-state index in [-0.39, 0.29) is 22.9 Å². The Hall–Kier alpha value is -1.25. The molecule has 0 saturated carbocycles. The van der Waals surface area contributed by atoms with Crippen molar-refractivity contribution in [3.05, 3.63) is 28.2 Å². The van der Waals surface area contributed by atoms with Gasteiger partial charge < -0.3 is 9.67 Å². The molecule has 0 fully saturated rings. The first-order valence-electron chi connectivity index (χ1n) is 3.40. The van der Waals surface area contributed by atoms with Crippen LogP contribution in [0, 0.1) is 6.92 Å². The van der Waals surface area contributed by atoms with Crippen LogP contribution < -0.4 is 5.56 Å². The molecule has 1 aromatic heterocycles. The van der Waals surface area contributed by atoms with Gasteiger partial charge in [0.05, 0.1) is 6.93 Å². The van der Waals surface area contributed by atoms with Crippen LogP contribution in [0.25, 0.3) is 0 Å².